The lowest BCUT2D eigenvalue weighted by atomic mass is 10.2. The summed E-state index contributed by atoms with van der Waals surface area (Å²) in [5.41, 5.74) is 1.03. The Labute approximate surface area is 108 Å². The molecular formula is C13H19NO3S. The first-order chi connectivity index (χ1) is 8.54. The number of benzene rings is 1. The van der Waals surface area contributed by atoms with E-state index in [4.69, 9.17) is 4.74 Å². The second-order valence-electron chi connectivity index (χ2n) is 4.53. The third kappa shape index (κ3) is 2.67. The molecule has 5 heteroatoms. The molecule has 0 unspecified atom stereocenters. The molecule has 1 aliphatic rings. The number of sulfone groups is 1. The zero-order valence-corrected chi connectivity index (χ0v) is 11.6. The van der Waals surface area contributed by atoms with Gasteiger partial charge in [-0.15, -0.1) is 0 Å². The van der Waals surface area contributed by atoms with Crippen molar-refractivity contribution >= 4 is 15.5 Å². The van der Waals surface area contributed by atoms with E-state index < -0.39 is 9.84 Å². The molecule has 1 heterocycles. The Balaban J connectivity index is 2.17. The van der Waals surface area contributed by atoms with Gasteiger partial charge in [0.05, 0.1) is 23.3 Å². The SMILES string of the molecule is CCS(=O)(=O)c1ccc(N(C)[C@H]2CCOC2)cc1. The molecule has 2 rings (SSSR count). The highest BCUT2D eigenvalue weighted by atomic mass is 32.2. The highest BCUT2D eigenvalue weighted by molar-refractivity contribution is 7.91. The largest absolute Gasteiger partial charge is 0.379 e. The molecule has 0 amide bonds. The number of nitrogens with zero attached hydrogens (tertiary/aromatic N) is 1. The maximum atomic E-state index is 11.7. The summed E-state index contributed by atoms with van der Waals surface area (Å²) < 4.78 is 28.8. The molecular weight excluding hydrogens is 250 g/mol. The van der Waals surface area contributed by atoms with Gasteiger partial charge < -0.3 is 9.64 Å². The Morgan fingerprint density at radius 3 is 2.50 bits per heavy atom. The maximum Gasteiger partial charge on any atom is 0.178 e. The van der Waals surface area contributed by atoms with Crippen molar-refractivity contribution in [3.8, 4) is 0 Å². The second-order valence-corrected chi connectivity index (χ2v) is 6.80. The Morgan fingerprint density at radius 2 is 2.00 bits per heavy atom. The van der Waals surface area contributed by atoms with Gasteiger partial charge in [-0.2, -0.15) is 0 Å². The topological polar surface area (TPSA) is 46.6 Å². The average molecular weight is 269 g/mol. The molecule has 1 aromatic rings. The van der Waals surface area contributed by atoms with Gasteiger partial charge in [-0.1, -0.05) is 6.92 Å². The van der Waals surface area contributed by atoms with Crippen LogP contribution in [0.1, 0.15) is 13.3 Å². The zero-order valence-electron chi connectivity index (χ0n) is 10.8. The van der Waals surface area contributed by atoms with E-state index in [-0.39, 0.29) is 5.75 Å². The monoisotopic (exact) mass is 269 g/mol. The van der Waals surface area contributed by atoms with E-state index in [1.807, 2.05) is 19.2 Å². The van der Waals surface area contributed by atoms with E-state index in [0.29, 0.717) is 10.9 Å². The lowest BCUT2D eigenvalue weighted by molar-refractivity contribution is 0.193. The Morgan fingerprint density at radius 1 is 1.33 bits per heavy atom. The van der Waals surface area contributed by atoms with E-state index in [0.717, 1.165) is 25.3 Å². The van der Waals surface area contributed by atoms with Crippen LogP contribution in [0.25, 0.3) is 0 Å². The second kappa shape index (κ2) is 5.28. The van der Waals surface area contributed by atoms with Crippen LogP contribution in [-0.2, 0) is 14.6 Å². The quantitative estimate of drug-likeness (QED) is 0.835. The predicted octanol–water partition coefficient (Wildman–Crippen LogP) is 1.71. The third-order valence-electron chi connectivity index (χ3n) is 3.44. The molecule has 0 N–H and O–H groups in total. The van der Waals surface area contributed by atoms with Crippen LogP contribution in [0.4, 0.5) is 5.69 Å². The lowest BCUT2D eigenvalue weighted by Crippen LogP contribution is -2.31. The summed E-state index contributed by atoms with van der Waals surface area (Å²) in [4.78, 5) is 2.54. The van der Waals surface area contributed by atoms with Gasteiger partial charge >= 0.3 is 0 Å². The van der Waals surface area contributed by atoms with Gasteiger partial charge in [0.2, 0.25) is 0 Å². The fourth-order valence-electron chi connectivity index (χ4n) is 2.09. The highest BCUT2D eigenvalue weighted by Gasteiger charge is 2.21. The maximum absolute atomic E-state index is 11.7. The Hall–Kier alpha value is -1.07. The van der Waals surface area contributed by atoms with E-state index in [9.17, 15) is 8.42 Å². The minimum absolute atomic E-state index is 0.138. The van der Waals surface area contributed by atoms with Crippen molar-refractivity contribution in [2.45, 2.75) is 24.3 Å². The highest BCUT2D eigenvalue weighted by Crippen LogP contribution is 2.22. The molecule has 0 aliphatic carbocycles. The number of hydrogen-bond acceptors (Lipinski definition) is 4. The van der Waals surface area contributed by atoms with Crippen LogP contribution in [0, 0.1) is 0 Å². The Bertz CT molecular complexity index is 489. The van der Waals surface area contributed by atoms with Gasteiger partial charge in [-0.25, -0.2) is 8.42 Å². The van der Waals surface area contributed by atoms with Crippen LogP contribution in [0.15, 0.2) is 29.2 Å². The van der Waals surface area contributed by atoms with Crippen molar-refractivity contribution < 1.29 is 13.2 Å². The van der Waals surface area contributed by atoms with Crippen LogP contribution >= 0.6 is 0 Å². The van der Waals surface area contributed by atoms with Gasteiger partial charge in [0, 0.05) is 19.3 Å². The third-order valence-corrected chi connectivity index (χ3v) is 5.19. The normalized spacial score (nSPS) is 20.0. The van der Waals surface area contributed by atoms with Crippen LogP contribution in [0.2, 0.25) is 0 Å². The van der Waals surface area contributed by atoms with Crippen molar-refractivity contribution in [1.82, 2.24) is 0 Å². The minimum atomic E-state index is -3.10. The zero-order chi connectivity index (χ0) is 13.2. The number of rotatable bonds is 4. The van der Waals surface area contributed by atoms with Crippen molar-refractivity contribution in [3.63, 3.8) is 0 Å². The first-order valence-corrected chi connectivity index (χ1v) is 7.83. The molecule has 1 aliphatic heterocycles. The number of ether oxygens (including phenoxy) is 1. The molecule has 1 aromatic carbocycles. The van der Waals surface area contributed by atoms with Crippen molar-refractivity contribution in [1.29, 1.82) is 0 Å². The smallest absolute Gasteiger partial charge is 0.178 e. The van der Waals surface area contributed by atoms with E-state index >= 15 is 0 Å². The van der Waals surface area contributed by atoms with Crippen molar-refractivity contribution in [2.24, 2.45) is 0 Å². The van der Waals surface area contributed by atoms with Gasteiger partial charge in [0.1, 0.15) is 0 Å². The molecule has 1 saturated heterocycles. The molecule has 18 heavy (non-hydrogen) atoms. The summed E-state index contributed by atoms with van der Waals surface area (Å²) in [5.74, 6) is 0.138. The average Bonchev–Trinajstić information content (AvgIpc) is 2.92. The molecule has 1 atom stereocenters. The molecule has 1 fully saturated rings. The van der Waals surface area contributed by atoms with E-state index in [1.54, 1.807) is 19.1 Å². The molecule has 0 aromatic heterocycles. The van der Waals surface area contributed by atoms with Crippen molar-refractivity contribution in [2.75, 3.05) is 30.9 Å². The lowest BCUT2D eigenvalue weighted by Gasteiger charge is -2.25. The summed E-state index contributed by atoms with van der Waals surface area (Å²) in [6, 6.07) is 7.47. The van der Waals surface area contributed by atoms with Gasteiger partial charge in [0.25, 0.3) is 0 Å². The van der Waals surface area contributed by atoms with Crippen molar-refractivity contribution in [3.05, 3.63) is 24.3 Å². The number of likely N-dealkylation sites (N-methyl/N-ethyl adjacent to an activating group) is 1. The predicted molar refractivity (Wildman–Crippen MR) is 71.8 cm³/mol. The molecule has 0 bridgehead atoms. The molecule has 0 spiro atoms. The van der Waals surface area contributed by atoms with Crippen LogP contribution in [0.5, 0.6) is 0 Å². The van der Waals surface area contributed by atoms with Crippen LogP contribution in [0.3, 0.4) is 0 Å². The molecule has 100 valence electrons. The molecule has 0 radical (unpaired) electrons. The van der Waals surface area contributed by atoms with Gasteiger partial charge in [0.15, 0.2) is 9.84 Å². The van der Waals surface area contributed by atoms with Gasteiger partial charge in [-0.3, -0.25) is 0 Å². The fraction of sp³-hybridized carbons (Fsp3) is 0.538. The summed E-state index contributed by atoms with van der Waals surface area (Å²) in [6.07, 6.45) is 1.02. The van der Waals surface area contributed by atoms with Crippen LogP contribution < -0.4 is 4.90 Å². The van der Waals surface area contributed by atoms with E-state index in [1.165, 1.54) is 0 Å². The standard InChI is InChI=1S/C13H19NO3S/c1-3-18(15,16)13-6-4-11(5-7-13)14(2)12-8-9-17-10-12/h4-7,12H,3,8-10H2,1-2H3/t12-/m0/s1. The van der Waals surface area contributed by atoms with Gasteiger partial charge in [-0.05, 0) is 30.7 Å². The number of hydrogen-bond donors (Lipinski definition) is 0. The summed E-state index contributed by atoms with van der Waals surface area (Å²) >= 11 is 0. The summed E-state index contributed by atoms with van der Waals surface area (Å²) in [7, 11) is -1.09. The Kier molecular flexibility index (Phi) is 3.92. The minimum Gasteiger partial charge on any atom is -0.379 e. The fourth-order valence-corrected chi connectivity index (χ4v) is 2.98. The molecule has 0 saturated carbocycles. The summed E-state index contributed by atoms with van der Waals surface area (Å²) in [5, 5.41) is 0. The number of anilines is 1. The van der Waals surface area contributed by atoms with Crippen LogP contribution in [-0.4, -0.2) is 40.5 Å². The molecule has 4 nitrogen and oxygen atoms in total. The van der Waals surface area contributed by atoms with E-state index in [2.05, 4.69) is 4.90 Å². The first kappa shape index (κ1) is 13.4. The summed E-state index contributed by atoms with van der Waals surface area (Å²) in [6.45, 7) is 3.20. The first-order valence-electron chi connectivity index (χ1n) is 6.18.